The van der Waals surface area contributed by atoms with Gasteiger partial charge in [-0.05, 0) is 13.3 Å². The zero-order chi connectivity index (χ0) is 12.0. The van der Waals surface area contributed by atoms with Crippen LogP contribution in [0.25, 0.3) is 0 Å². The highest BCUT2D eigenvalue weighted by Gasteiger charge is 2.06. The third-order valence-corrected chi connectivity index (χ3v) is 2.01. The first kappa shape index (κ1) is 12.2. The standard InChI is InChI=1S/C10H15N3O3/c1-7(3-4-10(14)15)12-8-5-11-6-9(13-8)16-2/h5-7H,3-4H2,1-2H3,(H,12,13)(H,14,15). The van der Waals surface area contributed by atoms with Gasteiger partial charge in [-0.3, -0.25) is 9.78 Å². The minimum Gasteiger partial charge on any atom is -0.481 e. The molecule has 0 saturated heterocycles. The molecule has 0 saturated carbocycles. The number of carboxylic acids is 1. The summed E-state index contributed by atoms with van der Waals surface area (Å²) in [4.78, 5) is 18.4. The quantitative estimate of drug-likeness (QED) is 0.755. The Hall–Kier alpha value is -1.85. The number of anilines is 1. The first-order valence-electron chi connectivity index (χ1n) is 4.96. The minimum atomic E-state index is -0.801. The van der Waals surface area contributed by atoms with Crippen LogP contribution in [-0.2, 0) is 4.79 Å². The van der Waals surface area contributed by atoms with Gasteiger partial charge in [0, 0.05) is 12.5 Å². The monoisotopic (exact) mass is 225 g/mol. The highest BCUT2D eigenvalue weighted by molar-refractivity contribution is 5.66. The van der Waals surface area contributed by atoms with E-state index in [1.54, 1.807) is 6.20 Å². The van der Waals surface area contributed by atoms with Crippen LogP contribution in [0.2, 0.25) is 0 Å². The molecule has 0 aliphatic carbocycles. The third-order valence-electron chi connectivity index (χ3n) is 2.01. The Morgan fingerprint density at radius 2 is 2.38 bits per heavy atom. The molecule has 1 atom stereocenters. The smallest absolute Gasteiger partial charge is 0.303 e. The number of aliphatic carboxylic acids is 1. The number of nitrogens with zero attached hydrogens (tertiary/aromatic N) is 2. The summed E-state index contributed by atoms with van der Waals surface area (Å²) in [5.74, 6) is 0.207. The topological polar surface area (TPSA) is 84.3 Å². The van der Waals surface area contributed by atoms with Crippen molar-refractivity contribution in [2.75, 3.05) is 12.4 Å². The second-order valence-electron chi connectivity index (χ2n) is 3.42. The number of rotatable bonds is 6. The van der Waals surface area contributed by atoms with Gasteiger partial charge in [0.05, 0.1) is 19.5 Å². The first-order valence-corrected chi connectivity index (χ1v) is 4.96. The van der Waals surface area contributed by atoms with Crippen LogP contribution in [-0.4, -0.2) is 34.2 Å². The molecule has 0 radical (unpaired) electrons. The van der Waals surface area contributed by atoms with Crippen LogP contribution in [0.15, 0.2) is 12.4 Å². The van der Waals surface area contributed by atoms with Crippen LogP contribution < -0.4 is 10.1 Å². The molecule has 0 bridgehead atoms. The van der Waals surface area contributed by atoms with E-state index in [1.807, 2.05) is 6.92 Å². The zero-order valence-electron chi connectivity index (χ0n) is 9.30. The van der Waals surface area contributed by atoms with Crippen molar-refractivity contribution in [2.45, 2.75) is 25.8 Å². The molecule has 0 aromatic carbocycles. The SMILES string of the molecule is COc1cncc(NC(C)CCC(=O)O)n1. The second kappa shape index (κ2) is 5.89. The van der Waals surface area contributed by atoms with E-state index in [4.69, 9.17) is 9.84 Å². The van der Waals surface area contributed by atoms with Gasteiger partial charge in [0.25, 0.3) is 0 Å². The molecule has 1 heterocycles. The number of hydrogen-bond acceptors (Lipinski definition) is 5. The number of methoxy groups -OCH3 is 1. The lowest BCUT2D eigenvalue weighted by Crippen LogP contribution is -2.17. The lowest BCUT2D eigenvalue weighted by Gasteiger charge is -2.13. The lowest BCUT2D eigenvalue weighted by molar-refractivity contribution is -0.137. The Bertz CT molecular complexity index is 357. The summed E-state index contributed by atoms with van der Waals surface area (Å²) in [5.41, 5.74) is 0. The van der Waals surface area contributed by atoms with E-state index in [0.717, 1.165) is 0 Å². The molecule has 2 N–H and O–H groups in total. The second-order valence-corrected chi connectivity index (χ2v) is 3.42. The zero-order valence-corrected chi connectivity index (χ0v) is 9.30. The number of carbonyl (C=O) groups is 1. The molecular weight excluding hydrogens is 210 g/mol. The van der Waals surface area contributed by atoms with Gasteiger partial charge in [0.1, 0.15) is 5.82 Å². The Kier molecular flexibility index (Phi) is 4.50. The van der Waals surface area contributed by atoms with Crippen molar-refractivity contribution in [3.63, 3.8) is 0 Å². The molecule has 0 aliphatic rings. The summed E-state index contributed by atoms with van der Waals surface area (Å²) in [6.45, 7) is 1.89. The summed E-state index contributed by atoms with van der Waals surface area (Å²) in [7, 11) is 1.52. The van der Waals surface area contributed by atoms with Crippen LogP contribution in [0.5, 0.6) is 5.88 Å². The van der Waals surface area contributed by atoms with E-state index in [9.17, 15) is 4.79 Å². The number of carboxylic acid groups (broad SMARTS) is 1. The molecule has 1 rings (SSSR count). The molecule has 1 aromatic heterocycles. The predicted molar refractivity (Wildman–Crippen MR) is 58.5 cm³/mol. The average Bonchev–Trinajstić information content (AvgIpc) is 2.26. The van der Waals surface area contributed by atoms with Crippen molar-refractivity contribution in [2.24, 2.45) is 0 Å². The Morgan fingerprint density at radius 3 is 3.00 bits per heavy atom. The maximum absolute atomic E-state index is 10.4. The van der Waals surface area contributed by atoms with Crippen LogP contribution in [0.3, 0.4) is 0 Å². The van der Waals surface area contributed by atoms with Gasteiger partial charge in [-0.1, -0.05) is 0 Å². The lowest BCUT2D eigenvalue weighted by atomic mass is 10.2. The van der Waals surface area contributed by atoms with Crippen LogP contribution in [0.1, 0.15) is 19.8 Å². The summed E-state index contributed by atoms with van der Waals surface area (Å²) in [5, 5.41) is 11.6. The average molecular weight is 225 g/mol. The summed E-state index contributed by atoms with van der Waals surface area (Å²) >= 11 is 0. The first-order chi connectivity index (χ1) is 7.61. The Labute approximate surface area is 93.7 Å². The van der Waals surface area contributed by atoms with Crippen molar-refractivity contribution >= 4 is 11.8 Å². The van der Waals surface area contributed by atoms with E-state index < -0.39 is 5.97 Å². The summed E-state index contributed by atoms with van der Waals surface area (Å²) < 4.78 is 4.93. The predicted octanol–water partition coefficient (Wildman–Crippen LogP) is 1.15. The number of ether oxygens (including phenoxy) is 1. The molecule has 0 fully saturated rings. The fourth-order valence-electron chi connectivity index (χ4n) is 1.18. The molecule has 16 heavy (non-hydrogen) atoms. The molecule has 0 spiro atoms. The fraction of sp³-hybridized carbons (Fsp3) is 0.500. The molecule has 1 unspecified atom stereocenters. The van der Waals surface area contributed by atoms with Gasteiger partial charge in [-0.2, -0.15) is 4.98 Å². The van der Waals surface area contributed by atoms with Gasteiger partial charge < -0.3 is 15.2 Å². The Morgan fingerprint density at radius 1 is 1.62 bits per heavy atom. The van der Waals surface area contributed by atoms with Gasteiger partial charge in [-0.25, -0.2) is 0 Å². The fourth-order valence-corrected chi connectivity index (χ4v) is 1.18. The number of nitrogens with one attached hydrogen (secondary N) is 1. The van der Waals surface area contributed by atoms with Crippen molar-refractivity contribution in [1.29, 1.82) is 0 Å². The molecule has 0 aliphatic heterocycles. The molecule has 6 heteroatoms. The molecule has 6 nitrogen and oxygen atoms in total. The van der Waals surface area contributed by atoms with E-state index in [0.29, 0.717) is 18.1 Å². The highest BCUT2D eigenvalue weighted by Crippen LogP contribution is 2.10. The van der Waals surface area contributed by atoms with Gasteiger partial charge in [-0.15, -0.1) is 0 Å². The van der Waals surface area contributed by atoms with Crippen LogP contribution in [0, 0.1) is 0 Å². The minimum absolute atomic E-state index is 0.0255. The Balaban J connectivity index is 2.48. The van der Waals surface area contributed by atoms with Gasteiger partial charge in [0.15, 0.2) is 0 Å². The van der Waals surface area contributed by atoms with E-state index in [2.05, 4.69) is 15.3 Å². The van der Waals surface area contributed by atoms with Gasteiger partial charge in [0.2, 0.25) is 5.88 Å². The maximum atomic E-state index is 10.4. The number of hydrogen-bond donors (Lipinski definition) is 2. The van der Waals surface area contributed by atoms with Crippen molar-refractivity contribution in [3.05, 3.63) is 12.4 Å². The molecule has 0 amide bonds. The van der Waals surface area contributed by atoms with Crippen molar-refractivity contribution < 1.29 is 14.6 Å². The van der Waals surface area contributed by atoms with E-state index in [1.165, 1.54) is 13.3 Å². The van der Waals surface area contributed by atoms with Crippen LogP contribution in [0.4, 0.5) is 5.82 Å². The molecule has 1 aromatic rings. The maximum Gasteiger partial charge on any atom is 0.303 e. The summed E-state index contributed by atoms with van der Waals surface area (Å²) in [6.07, 6.45) is 3.74. The normalized spacial score (nSPS) is 11.9. The molecular formula is C10H15N3O3. The largest absolute Gasteiger partial charge is 0.481 e. The van der Waals surface area contributed by atoms with Gasteiger partial charge >= 0.3 is 5.97 Å². The van der Waals surface area contributed by atoms with E-state index >= 15 is 0 Å². The van der Waals surface area contributed by atoms with Crippen molar-refractivity contribution in [3.8, 4) is 5.88 Å². The van der Waals surface area contributed by atoms with Crippen molar-refractivity contribution in [1.82, 2.24) is 9.97 Å². The van der Waals surface area contributed by atoms with Crippen LogP contribution >= 0.6 is 0 Å². The molecule has 88 valence electrons. The number of aromatic nitrogens is 2. The summed E-state index contributed by atoms with van der Waals surface area (Å²) in [6, 6.07) is 0.0255. The third kappa shape index (κ3) is 4.12. The highest BCUT2D eigenvalue weighted by atomic mass is 16.5. The van der Waals surface area contributed by atoms with E-state index in [-0.39, 0.29) is 12.5 Å².